The second kappa shape index (κ2) is 15.4. The van der Waals surface area contributed by atoms with Gasteiger partial charge < -0.3 is 20.3 Å². The van der Waals surface area contributed by atoms with Crippen molar-refractivity contribution < 1.29 is 9.53 Å². The largest absolute Gasteiger partial charge is 0.379 e. The Morgan fingerprint density at radius 1 is 1.06 bits per heavy atom. The van der Waals surface area contributed by atoms with Gasteiger partial charge in [0.15, 0.2) is 5.96 Å². The van der Waals surface area contributed by atoms with Gasteiger partial charge in [0, 0.05) is 52.2 Å². The van der Waals surface area contributed by atoms with Gasteiger partial charge in [-0.1, -0.05) is 30.7 Å². The Bertz CT molecular complexity index is 709. The molecule has 180 valence electrons. The summed E-state index contributed by atoms with van der Waals surface area (Å²) in [5, 5.41) is 6.78. The Labute approximate surface area is 210 Å². The number of nitrogens with one attached hydrogen (secondary N) is 2. The first-order valence-electron chi connectivity index (χ1n) is 11.9. The monoisotopic (exact) mass is 557 g/mol. The quantitative estimate of drug-likeness (QED) is 0.212. The van der Waals surface area contributed by atoms with E-state index in [0.29, 0.717) is 18.9 Å². The number of morpholine rings is 1. The number of carbonyl (C=O) groups excluding carboxylic acids is 1. The summed E-state index contributed by atoms with van der Waals surface area (Å²) in [7, 11) is 0. The minimum absolute atomic E-state index is 0. The number of carbonyl (C=O) groups is 1. The fourth-order valence-corrected chi connectivity index (χ4v) is 4.12. The van der Waals surface area contributed by atoms with E-state index in [2.05, 4.69) is 46.7 Å². The third-order valence-corrected chi connectivity index (χ3v) is 5.94. The summed E-state index contributed by atoms with van der Waals surface area (Å²) in [5.74, 6) is 1.15. The molecule has 3 rings (SSSR count). The second-order valence-corrected chi connectivity index (χ2v) is 8.32. The molecule has 2 aliphatic heterocycles. The van der Waals surface area contributed by atoms with Crippen LogP contribution in [0.15, 0.2) is 29.3 Å². The van der Waals surface area contributed by atoms with Gasteiger partial charge in [-0.2, -0.15) is 0 Å². The smallest absolute Gasteiger partial charge is 0.222 e. The van der Waals surface area contributed by atoms with Crippen LogP contribution in [0.25, 0.3) is 0 Å². The van der Waals surface area contributed by atoms with Crippen LogP contribution in [0.2, 0.25) is 0 Å². The average Bonchev–Trinajstić information content (AvgIpc) is 3.00. The van der Waals surface area contributed by atoms with Crippen LogP contribution in [-0.4, -0.2) is 74.1 Å². The first-order chi connectivity index (χ1) is 15.3. The van der Waals surface area contributed by atoms with E-state index in [0.717, 1.165) is 84.2 Å². The van der Waals surface area contributed by atoms with Gasteiger partial charge in [-0.15, -0.1) is 24.0 Å². The molecule has 0 saturated carbocycles. The standard InChI is InChI=1S/C24H39N5O2.HI/c1-2-25-24(26-12-8-14-29-13-7-3-4-11-23(29)30)27-19-21-9-5-6-10-22(21)20-28-15-17-31-18-16-28;/h5-6,9-10H,2-4,7-8,11-20H2,1H3,(H2,25,26,27);1H. The second-order valence-electron chi connectivity index (χ2n) is 8.32. The molecule has 0 atom stereocenters. The van der Waals surface area contributed by atoms with Crippen molar-refractivity contribution in [3.63, 3.8) is 0 Å². The number of hydrogen-bond donors (Lipinski definition) is 2. The molecule has 1 aromatic carbocycles. The Morgan fingerprint density at radius 3 is 2.62 bits per heavy atom. The summed E-state index contributed by atoms with van der Waals surface area (Å²) in [6, 6.07) is 8.58. The van der Waals surface area contributed by atoms with Crippen LogP contribution >= 0.6 is 24.0 Å². The van der Waals surface area contributed by atoms with Crippen molar-refractivity contribution >= 4 is 35.8 Å². The maximum absolute atomic E-state index is 12.1. The number of nitrogens with zero attached hydrogens (tertiary/aromatic N) is 3. The fraction of sp³-hybridized carbons (Fsp3) is 0.667. The highest BCUT2D eigenvalue weighted by molar-refractivity contribution is 14.0. The van der Waals surface area contributed by atoms with E-state index in [1.165, 1.54) is 17.5 Å². The van der Waals surface area contributed by atoms with E-state index in [9.17, 15) is 4.79 Å². The van der Waals surface area contributed by atoms with Crippen LogP contribution in [0.4, 0.5) is 0 Å². The summed E-state index contributed by atoms with van der Waals surface area (Å²) < 4.78 is 5.47. The molecule has 2 aliphatic rings. The lowest BCUT2D eigenvalue weighted by Crippen LogP contribution is -2.39. The molecule has 0 unspecified atom stereocenters. The molecular weight excluding hydrogens is 517 g/mol. The SMILES string of the molecule is CCNC(=NCc1ccccc1CN1CCOCC1)NCCCN1CCCCCC1=O.I. The number of hydrogen-bond acceptors (Lipinski definition) is 4. The molecule has 0 aromatic heterocycles. The van der Waals surface area contributed by atoms with Crippen LogP contribution in [-0.2, 0) is 22.6 Å². The van der Waals surface area contributed by atoms with E-state index in [1.807, 2.05) is 4.90 Å². The molecule has 2 N–H and O–H groups in total. The Hall–Kier alpha value is -1.39. The third-order valence-electron chi connectivity index (χ3n) is 5.94. The van der Waals surface area contributed by atoms with Crippen LogP contribution in [0.5, 0.6) is 0 Å². The van der Waals surface area contributed by atoms with E-state index >= 15 is 0 Å². The fourth-order valence-electron chi connectivity index (χ4n) is 4.12. The van der Waals surface area contributed by atoms with Crippen molar-refractivity contribution in [1.82, 2.24) is 20.4 Å². The average molecular weight is 558 g/mol. The normalized spacial score (nSPS) is 18.1. The summed E-state index contributed by atoms with van der Waals surface area (Å²) >= 11 is 0. The summed E-state index contributed by atoms with van der Waals surface area (Å²) in [6.07, 6.45) is 4.99. The number of halogens is 1. The van der Waals surface area contributed by atoms with Crippen molar-refractivity contribution in [1.29, 1.82) is 0 Å². The molecule has 2 fully saturated rings. The number of ether oxygens (including phenoxy) is 1. The Kier molecular flexibility index (Phi) is 13.0. The number of guanidine groups is 1. The number of likely N-dealkylation sites (tertiary alicyclic amines) is 1. The lowest BCUT2D eigenvalue weighted by molar-refractivity contribution is -0.130. The lowest BCUT2D eigenvalue weighted by Gasteiger charge is -2.27. The third kappa shape index (κ3) is 9.23. The van der Waals surface area contributed by atoms with Gasteiger partial charge in [0.05, 0.1) is 19.8 Å². The van der Waals surface area contributed by atoms with Crippen molar-refractivity contribution in [3.05, 3.63) is 35.4 Å². The zero-order valence-electron chi connectivity index (χ0n) is 19.5. The number of rotatable bonds is 9. The highest BCUT2D eigenvalue weighted by atomic mass is 127. The summed E-state index contributed by atoms with van der Waals surface area (Å²) in [5.41, 5.74) is 2.60. The predicted octanol–water partition coefficient (Wildman–Crippen LogP) is 2.98. The van der Waals surface area contributed by atoms with E-state index < -0.39 is 0 Å². The maximum atomic E-state index is 12.1. The van der Waals surface area contributed by atoms with E-state index in [4.69, 9.17) is 9.73 Å². The van der Waals surface area contributed by atoms with Crippen LogP contribution in [0.1, 0.15) is 50.2 Å². The minimum Gasteiger partial charge on any atom is -0.379 e. The number of aliphatic imine (C=N–C) groups is 1. The van der Waals surface area contributed by atoms with Crippen molar-refractivity contribution in [2.75, 3.05) is 52.5 Å². The van der Waals surface area contributed by atoms with Crippen molar-refractivity contribution in [2.24, 2.45) is 4.99 Å². The first-order valence-corrected chi connectivity index (χ1v) is 11.9. The molecule has 7 nitrogen and oxygen atoms in total. The van der Waals surface area contributed by atoms with Crippen molar-refractivity contribution in [2.45, 2.75) is 52.1 Å². The number of benzene rings is 1. The first kappa shape index (κ1) is 26.9. The summed E-state index contributed by atoms with van der Waals surface area (Å²) in [4.78, 5) is 21.4. The lowest BCUT2D eigenvalue weighted by atomic mass is 10.1. The maximum Gasteiger partial charge on any atom is 0.222 e. The molecule has 0 radical (unpaired) electrons. The molecule has 0 spiro atoms. The molecule has 1 aromatic rings. The van der Waals surface area contributed by atoms with Gasteiger partial charge in [0.1, 0.15) is 0 Å². The molecule has 8 heteroatoms. The molecular formula is C24H40IN5O2. The zero-order chi connectivity index (χ0) is 21.7. The van der Waals surface area contributed by atoms with Gasteiger partial charge in [0.25, 0.3) is 0 Å². The number of amides is 1. The van der Waals surface area contributed by atoms with Gasteiger partial charge in [0.2, 0.25) is 5.91 Å². The molecule has 1 amide bonds. The van der Waals surface area contributed by atoms with Crippen LogP contribution in [0, 0.1) is 0 Å². The zero-order valence-corrected chi connectivity index (χ0v) is 21.8. The van der Waals surface area contributed by atoms with Crippen LogP contribution < -0.4 is 10.6 Å². The topological polar surface area (TPSA) is 69.2 Å². The molecule has 0 bridgehead atoms. The molecule has 2 heterocycles. The highest BCUT2D eigenvalue weighted by Crippen LogP contribution is 2.14. The summed E-state index contributed by atoms with van der Waals surface area (Å²) in [6.45, 7) is 10.7. The van der Waals surface area contributed by atoms with Gasteiger partial charge in [-0.3, -0.25) is 9.69 Å². The molecule has 32 heavy (non-hydrogen) atoms. The van der Waals surface area contributed by atoms with Gasteiger partial charge in [-0.25, -0.2) is 4.99 Å². The minimum atomic E-state index is 0. The molecule has 2 saturated heterocycles. The molecule has 0 aliphatic carbocycles. The Morgan fingerprint density at radius 2 is 1.84 bits per heavy atom. The van der Waals surface area contributed by atoms with E-state index in [1.54, 1.807) is 0 Å². The van der Waals surface area contributed by atoms with Gasteiger partial charge in [-0.05, 0) is 37.3 Å². The van der Waals surface area contributed by atoms with Gasteiger partial charge >= 0.3 is 0 Å². The highest BCUT2D eigenvalue weighted by Gasteiger charge is 2.16. The Balaban J connectivity index is 0.00000363. The van der Waals surface area contributed by atoms with Crippen LogP contribution in [0.3, 0.4) is 0 Å². The van der Waals surface area contributed by atoms with E-state index in [-0.39, 0.29) is 24.0 Å². The van der Waals surface area contributed by atoms with Crippen molar-refractivity contribution in [3.8, 4) is 0 Å². The predicted molar refractivity (Wildman–Crippen MR) is 140 cm³/mol.